The van der Waals surface area contributed by atoms with Crippen molar-refractivity contribution in [3.8, 4) is 0 Å². The maximum Gasteiger partial charge on any atom is 0.412 e. The molecule has 1 unspecified atom stereocenters. The van der Waals surface area contributed by atoms with Crippen molar-refractivity contribution in [1.29, 1.82) is 0 Å². The highest BCUT2D eigenvalue weighted by atomic mass is 32.2. The van der Waals surface area contributed by atoms with Gasteiger partial charge in [-0.05, 0) is 59.2 Å². The Bertz CT molecular complexity index is 648. The van der Waals surface area contributed by atoms with Gasteiger partial charge in [-0.15, -0.1) is 4.31 Å². The Morgan fingerprint density at radius 3 is 2.35 bits per heavy atom. The van der Waals surface area contributed by atoms with Crippen LogP contribution >= 0.6 is 0 Å². The summed E-state index contributed by atoms with van der Waals surface area (Å²) in [5.74, 6) is 0. The Kier molecular flexibility index (Phi) is 5.97. The van der Waals surface area contributed by atoms with Crippen molar-refractivity contribution in [3.63, 3.8) is 0 Å². The number of hydrogen-bond donors (Lipinski definition) is 1. The van der Waals surface area contributed by atoms with Crippen LogP contribution < -0.4 is 5.32 Å². The number of ether oxygens (including phenoxy) is 2. The zero-order chi connectivity index (χ0) is 19.8. The van der Waals surface area contributed by atoms with Gasteiger partial charge in [-0.2, -0.15) is 0 Å². The molecule has 1 aliphatic heterocycles. The molecule has 0 aliphatic carbocycles. The molecule has 1 aromatic rings. The van der Waals surface area contributed by atoms with E-state index in [2.05, 4.69) is 5.32 Å². The number of amides is 1. The van der Waals surface area contributed by atoms with Crippen molar-refractivity contribution in [2.75, 3.05) is 25.6 Å². The van der Waals surface area contributed by atoms with Crippen LogP contribution in [0, 0.1) is 0 Å². The van der Waals surface area contributed by atoms with E-state index in [0.29, 0.717) is 18.9 Å². The van der Waals surface area contributed by atoms with Gasteiger partial charge in [-0.1, -0.05) is 12.1 Å². The summed E-state index contributed by atoms with van der Waals surface area (Å²) in [4.78, 5) is 12.0. The SMILES string of the molecule is CN([S+]([O-])C(C)(C)C)C1(c2cccc(NC(=O)OC(C)(C)C)c2)COC1. The molecule has 2 rings (SSSR count). The second-order valence-corrected chi connectivity index (χ2v) is 10.9. The van der Waals surface area contributed by atoms with Crippen molar-refractivity contribution in [2.24, 2.45) is 0 Å². The molecule has 1 heterocycles. The van der Waals surface area contributed by atoms with Crippen LogP contribution in [0.25, 0.3) is 0 Å². The van der Waals surface area contributed by atoms with Gasteiger partial charge in [0.2, 0.25) is 0 Å². The summed E-state index contributed by atoms with van der Waals surface area (Å²) in [5.41, 5.74) is 0.563. The maximum absolute atomic E-state index is 12.9. The minimum absolute atomic E-state index is 0.371. The lowest BCUT2D eigenvalue weighted by Crippen LogP contribution is -2.62. The van der Waals surface area contributed by atoms with Crippen LogP contribution in [-0.2, 0) is 26.4 Å². The summed E-state index contributed by atoms with van der Waals surface area (Å²) >= 11 is -1.19. The number of benzene rings is 1. The Balaban J connectivity index is 2.23. The van der Waals surface area contributed by atoms with Crippen LogP contribution in [0.3, 0.4) is 0 Å². The molecule has 1 N–H and O–H groups in total. The minimum Gasteiger partial charge on any atom is -0.597 e. The molecular weight excluding hydrogens is 352 g/mol. The number of carbonyl (C=O) groups is 1. The largest absolute Gasteiger partial charge is 0.597 e. The molecule has 6 nitrogen and oxygen atoms in total. The van der Waals surface area contributed by atoms with E-state index < -0.39 is 28.6 Å². The fourth-order valence-electron chi connectivity index (χ4n) is 2.70. The van der Waals surface area contributed by atoms with E-state index in [0.717, 1.165) is 5.56 Å². The second-order valence-electron chi connectivity index (χ2n) is 8.59. The summed E-state index contributed by atoms with van der Waals surface area (Å²) in [6, 6.07) is 7.54. The molecule has 26 heavy (non-hydrogen) atoms. The zero-order valence-corrected chi connectivity index (χ0v) is 17.5. The smallest absolute Gasteiger partial charge is 0.412 e. The molecule has 0 bridgehead atoms. The monoisotopic (exact) mass is 382 g/mol. The van der Waals surface area contributed by atoms with Gasteiger partial charge in [0.15, 0.2) is 0 Å². The van der Waals surface area contributed by atoms with E-state index in [1.54, 1.807) is 6.07 Å². The number of carbonyl (C=O) groups excluding carboxylic acids is 1. The van der Waals surface area contributed by atoms with Gasteiger partial charge in [0.05, 0.1) is 13.2 Å². The molecule has 1 aromatic carbocycles. The molecule has 1 saturated heterocycles. The normalized spacial score (nSPS) is 18.2. The molecule has 1 amide bonds. The van der Waals surface area contributed by atoms with E-state index in [9.17, 15) is 9.35 Å². The van der Waals surface area contributed by atoms with E-state index >= 15 is 0 Å². The van der Waals surface area contributed by atoms with E-state index in [1.165, 1.54) is 0 Å². The first kappa shape index (κ1) is 21.0. The van der Waals surface area contributed by atoms with Crippen LogP contribution in [-0.4, -0.2) is 45.6 Å². The number of nitrogens with zero attached hydrogens (tertiary/aromatic N) is 1. The Morgan fingerprint density at radius 2 is 1.88 bits per heavy atom. The topological polar surface area (TPSA) is 73.9 Å². The standard InChI is InChI=1S/C19H30N2O4S/c1-17(2,3)25-16(22)20-15-10-8-9-14(11-15)19(12-24-13-19)21(7)26(23)18(4,5)6/h8-11H,12-13H2,1-7H3,(H,20,22). The fourth-order valence-corrected chi connectivity index (χ4v) is 4.05. The highest BCUT2D eigenvalue weighted by molar-refractivity contribution is 7.90. The third kappa shape index (κ3) is 4.71. The van der Waals surface area contributed by atoms with Gasteiger partial charge < -0.3 is 14.0 Å². The Labute approximate surface area is 159 Å². The highest BCUT2D eigenvalue weighted by Crippen LogP contribution is 2.40. The van der Waals surface area contributed by atoms with Crippen molar-refractivity contribution < 1.29 is 18.8 Å². The molecule has 1 aliphatic rings. The number of nitrogens with one attached hydrogen (secondary N) is 1. The first-order chi connectivity index (χ1) is 11.8. The van der Waals surface area contributed by atoms with Gasteiger partial charge in [0, 0.05) is 24.1 Å². The maximum atomic E-state index is 12.9. The molecule has 1 atom stereocenters. The summed E-state index contributed by atoms with van der Waals surface area (Å²) in [5, 5.41) is 2.76. The Morgan fingerprint density at radius 1 is 1.27 bits per heavy atom. The van der Waals surface area contributed by atoms with Crippen LogP contribution in [0.15, 0.2) is 24.3 Å². The lowest BCUT2D eigenvalue weighted by Gasteiger charge is -2.48. The molecular formula is C19H30N2O4S. The predicted molar refractivity (Wildman–Crippen MR) is 104 cm³/mol. The van der Waals surface area contributed by atoms with Crippen LogP contribution in [0.5, 0.6) is 0 Å². The van der Waals surface area contributed by atoms with Crippen LogP contribution in [0.4, 0.5) is 10.5 Å². The summed E-state index contributed by atoms with van der Waals surface area (Å²) in [6.45, 7) is 12.2. The third-order valence-corrected chi connectivity index (χ3v) is 6.00. The molecule has 0 spiro atoms. The molecule has 0 saturated carbocycles. The van der Waals surface area contributed by atoms with Crippen molar-refractivity contribution >= 4 is 23.1 Å². The van der Waals surface area contributed by atoms with Crippen LogP contribution in [0.2, 0.25) is 0 Å². The average Bonchev–Trinajstić information content (AvgIpc) is 2.42. The van der Waals surface area contributed by atoms with Crippen molar-refractivity contribution in [2.45, 2.75) is 57.4 Å². The number of hydrogen-bond acceptors (Lipinski definition) is 5. The van der Waals surface area contributed by atoms with Gasteiger partial charge in [0.25, 0.3) is 0 Å². The van der Waals surface area contributed by atoms with Gasteiger partial charge in [-0.3, -0.25) is 5.32 Å². The number of anilines is 1. The highest BCUT2D eigenvalue weighted by Gasteiger charge is 2.52. The number of rotatable bonds is 4. The second kappa shape index (κ2) is 7.38. The average molecular weight is 383 g/mol. The molecule has 1 fully saturated rings. The summed E-state index contributed by atoms with van der Waals surface area (Å²) in [7, 11) is 1.86. The summed E-state index contributed by atoms with van der Waals surface area (Å²) < 4.78 is 25.2. The lowest BCUT2D eigenvalue weighted by atomic mass is 9.88. The summed E-state index contributed by atoms with van der Waals surface area (Å²) in [6.07, 6.45) is -0.500. The molecule has 7 heteroatoms. The van der Waals surface area contributed by atoms with Gasteiger partial charge in [-0.25, -0.2) is 4.79 Å². The quantitative estimate of drug-likeness (QED) is 0.805. The Hall–Kier alpha value is -1.28. The predicted octanol–water partition coefficient (Wildman–Crippen LogP) is 3.65. The van der Waals surface area contributed by atoms with Crippen molar-refractivity contribution in [3.05, 3.63) is 29.8 Å². The van der Waals surface area contributed by atoms with E-state index in [-0.39, 0.29) is 4.75 Å². The molecule has 0 radical (unpaired) electrons. The third-order valence-electron chi connectivity index (χ3n) is 4.10. The lowest BCUT2D eigenvalue weighted by molar-refractivity contribution is -0.111. The molecule has 146 valence electrons. The first-order valence-corrected chi connectivity index (χ1v) is 9.80. The first-order valence-electron chi connectivity index (χ1n) is 8.69. The minimum atomic E-state index is -1.19. The van der Waals surface area contributed by atoms with Crippen LogP contribution in [0.1, 0.15) is 47.1 Å². The van der Waals surface area contributed by atoms with E-state index in [4.69, 9.17) is 9.47 Å². The zero-order valence-electron chi connectivity index (χ0n) is 16.7. The fraction of sp³-hybridized carbons (Fsp3) is 0.632. The van der Waals surface area contributed by atoms with Gasteiger partial charge >= 0.3 is 6.09 Å². The van der Waals surface area contributed by atoms with Crippen molar-refractivity contribution in [1.82, 2.24) is 4.31 Å². The van der Waals surface area contributed by atoms with Gasteiger partial charge in [0.1, 0.15) is 15.9 Å². The number of likely N-dealkylation sites (N-methyl/N-ethyl adjacent to an activating group) is 1. The molecule has 0 aromatic heterocycles. The van der Waals surface area contributed by atoms with E-state index in [1.807, 2.05) is 71.1 Å².